The van der Waals surface area contributed by atoms with Gasteiger partial charge in [0.1, 0.15) is 10.7 Å². The summed E-state index contributed by atoms with van der Waals surface area (Å²) in [6.45, 7) is 5.97. The fourth-order valence-electron chi connectivity index (χ4n) is 2.23. The Balaban J connectivity index is 2.24. The van der Waals surface area contributed by atoms with Crippen molar-refractivity contribution >= 4 is 28.8 Å². The second kappa shape index (κ2) is 6.01. The van der Waals surface area contributed by atoms with Crippen LogP contribution in [0, 0.1) is 20.8 Å². The van der Waals surface area contributed by atoms with Crippen LogP contribution < -0.4 is 11.1 Å². The van der Waals surface area contributed by atoms with E-state index < -0.39 is 0 Å². The molecule has 0 unspecified atom stereocenters. The molecule has 1 heterocycles. The Kier molecular flexibility index (Phi) is 4.33. The van der Waals surface area contributed by atoms with Crippen molar-refractivity contribution in [2.45, 2.75) is 20.8 Å². The van der Waals surface area contributed by atoms with Gasteiger partial charge in [-0.2, -0.15) is 0 Å². The minimum atomic E-state index is -0.250. The predicted molar refractivity (Wildman–Crippen MR) is 88.7 cm³/mol. The molecule has 0 atom stereocenters. The van der Waals surface area contributed by atoms with E-state index in [1.165, 1.54) is 11.8 Å². The number of pyridine rings is 1. The van der Waals surface area contributed by atoms with E-state index in [1.54, 1.807) is 12.1 Å². The zero-order chi connectivity index (χ0) is 15.6. The normalized spacial score (nSPS) is 10.2. The zero-order valence-corrected chi connectivity index (χ0v) is 13.0. The van der Waals surface area contributed by atoms with Crippen LogP contribution in [0.5, 0.6) is 0 Å². The van der Waals surface area contributed by atoms with Crippen LogP contribution in [0.2, 0.25) is 0 Å². The lowest BCUT2D eigenvalue weighted by Crippen LogP contribution is -2.16. The smallest absolute Gasteiger partial charge is 0.274 e. The minimum Gasteiger partial charge on any atom is -0.389 e. The van der Waals surface area contributed by atoms with Gasteiger partial charge in [0.2, 0.25) is 0 Å². The first-order valence-electron chi connectivity index (χ1n) is 6.53. The lowest BCUT2D eigenvalue weighted by atomic mass is 10.0. The molecular formula is C16H17N3OS. The minimum absolute atomic E-state index is 0.250. The average molecular weight is 299 g/mol. The molecule has 0 aliphatic heterocycles. The molecule has 1 aromatic heterocycles. The van der Waals surface area contributed by atoms with Gasteiger partial charge in [-0.15, -0.1) is 0 Å². The number of carbonyl (C=O) groups excluding carboxylic acids is 1. The Bertz CT molecular complexity index is 685. The average Bonchev–Trinajstić information content (AvgIpc) is 2.42. The third-order valence-electron chi connectivity index (χ3n) is 3.20. The van der Waals surface area contributed by atoms with E-state index >= 15 is 0 Å². The second-order valence-corrected chi connectivity index (χ2v) is 5.46. The number of nitrogens with one attached hydrogen (secondary N) is 1. The highest BCUT2D eigenvalue weighted by atomic mass is 32.1. The van der Waals surface area contributed by atoms with Crippen LogP contribution in [0.3, 0.4) is 0 Å². The van der Waals surface area contributed by atoms with Crippen molar-refractivity contribution in [2.24, 2.45) is 5.73 Å². The number of thiocarbonyl (C=S) groups is 1. The fourth-order valence-corrected chi connectivity index (χ4v) is 2.35. The number of aromatic nitrogens is 1. The fraction of sp³-hybridized carbons (Fsp3) is 0.188. The number of hydrogen-bond acceptors (Lipinski definition) is 3. The van der Waals surface area contributed by atoms with Crippen LogP contribution in [0.4, 0.5) is 5.69 Å². The summed E-state index contributed by atoms with van der Waals surface area (Å²) in [6.07, 6.45) is 1.51. The highest BCUT2D eigenvalue weighted by Crippen LogP contribution is 2.22. The molecule has 4 nitrogen and oxygen atoms in total. The summed E-state index contributed by atoms with van der Waals surface area (Å²) >= 11 is 4.86. The highest BCUT2D eigenvalue weighted by Gasteiger charge is 2.11. The van der Waals surface area contributed by atoms with E-state index in [4.69, 9.17) is 18.0 Å². The van der Waals surface area contributed by atoms with Crippen molar-refractivity contribution in [2.75, 3.05) is 5.32 Å². The Labute approximate surface area is 129 Å². The van der Waals surface area contributed by atoms with E-state index in [2.05, 4.69) is 10.3 Å². The number of benzene rings is 1. The number of aryl methyl sites for hydroxylation is 3. The quantitative estimate of drug-likeness (QED) is 0.855. The Morgan fingerprint density at radius 2 is 1.81 bits per heavy atom. The van der Waals surface area contributed by atoms with Crippen molar-refractivity contribution in [3.05, 3.63) is 58.4 Å². The molecule has 0 bridgehead atoms. The molecule has 0 saturated heterocycles. The van der Waals surface area contributed by atoms with Gasteiger partial charge in [0.05, 0.1) is 0 Å². The molecule has 0 spiro atoms. The second-order valence-electron chi connectivity index (χ2n) is 5.02. The van der Waals surface area contributed by atoms with Gasteiger partial charge >= 0.3 is 0 Å². The molecule has 0 radical (unpaired) electrons. The molecule has 21 heavy (non-hydrogen) atoms. The van der Waals surface area contributed by atoms with E-state index in [1.807, 2.05) is 32.9 Å². The summed E-state index contributed by atoms with van der Waals surface area (Å²) in [7, 11) is 0. The van der Waals surface area contributed by atoms with Gasteiger partial charge in [-0.3, -0.25) is 9.78 Å². The molecule has 1 amide bonds. The summed E-state index contributed by atoms with van der Waals surface area (Å²) < 4.78 is 0. The molecule has 0 saturated carbocycles. The van der Waals surface area contributed by atoms with Crippen LogP contribution in [0.25, 0.3) is 0 Å². The van der Waals surface area contributed by atoms with E-state index in [0.29, 0.717) is 11.3 Å². The van der Waals surface area contributed by atoms with Gasteiger partial charge in [0.25, 0.3) is 5.91 Å². The maximum atomic E-state index is 12.2. The lowest BCUT2D eigenvalue weighted by Gasteiger charge is -2.12. The van der Waals surface area contributed by atoms with Gasteiger partial charge in [-0.1, -0.05) is 29.9 Å². The number of rotatable bonds is 3. The maximum absolute atomic E-state index is 12.2. The van der Waals surface area contributed by atoms with Gasteiger partial charge in [0.15, 0.2) is 0 Å². The molecule has 5 heteroatoms. The molecule has 3 N–H and O–H groups in total. The summed E-state index contributed by atoms with van der Waals surface area (Å²) in [4.78, 5) is 16.6. The Morgan fingerprint density at radius 1 is 1.19 bits per heavy atom. The van der Waals surface area contributed by atoms with Crippen LogP contribution >= 0.6 is 12.2 Å². The number of carbonyl (C=O) groups is 1. The summed E-state index contributed by atoms with van der Waals surface area (Å²) in [5, 5.41) is 2.91. The topological polar surface area (TPSA) is 68.0 Å². The third kappa shape index (κ3) is 3.44. The standard InChI is InChI=1S/C16H17N3OS/c1-9-6-10(2)14(11(3)7-9)19-16(20)13-5-4-12(8-18-13)15(17)21/h4-8H,1-3H3,(H2,17,21)(H,19,20). The van der Waals surface area contributed by atoms with Gasteiger partial charge in [0, 0.05) is 17.4 Å². The lowest BCUT2D eigenvalue weighted by molar-refractivity contribution is 0.102. The molecule has 0 fully saturated rings. The van der Waals surface area contributed by atoms with Gasteiger partial charge in [-0.25, -0.2) is 0 Å². The molecule has 1 aromatic carbocycles. The van der Waals surface area contributed by atoms with Gasteiger partial charge < -0.3 is 11.1 Å². The Hall–Kier alpha value is -2.27. The van der Waals surface area contributed by atoms with Crippen molar-refractivity contribution < 1.29 is 4.79 Å². The van der Waals surface area contributed by atoms with Gasteiger partial charge in [-0.05, 0) is 44.0 Å². The summed E-state index contributed by atoms with van der Waals surface area (Å²) in [5.41, 5.74) is 10.5. The number of nitrogens with two attached hydrogens (primary N) is 1. The SMILES string of the molecule is Cc1cc(C)c(NC(=O)c2ccc(C(N)=S)cn2)c(C)c1. The van der Waals surface area contributed by atoms with Crippen LogP contribution in [-0.4, -0.2) is 15.9 Å². The van der Waals surface area contributed by atoms with Crippen molar-refractivity contribution in [3.8, 4) is 0 Å². The maximum Gasteiger partial charge on any atom is 0.274 e. The summed E-state index contributed by atoms with van der Waals surface area (Å²) in [6, 6.07) is 7.37. The van der Waals surface area contributed by atoms with Crippen LogP contribution in [0.1, 0.15) is 32.7 Å². The number of anilines is 1. The number of amides is 1. The first kappa shape index (κ1) is 15.1. The monoisotopic (exact) mass is 299 g/mol. The first-order chi connectivity index (χ1) is 9.88. The predicted octanol–water partition coefficient (Wildman–Crippen LogP) is 2.89. The molecule has 2 rings (SSSR count). The molecular weight excluding hydrogens is 282 g/mol. The van der Waals surface area contributed by atoms with Crippen LogP contribution in [0.15, 0.2) is 30.5 Å². The van der Waals surface area contributed by atoms with E-state index in [9.17, 15) is 4.79 Å². The first-order valence-corrected chi connectivity index (χ1v) is 6.94. The van der Waals surface area contributed by atoms with E-state index in [0.717, 1.165) is 16.8 Å². The molecule has 108 valence electrons. The van der Waals surface area contributed by atoms with Crippen molar-refractivity contribution in [1.29, 1.82) is 0 Å². The Morgan fingerprint density at radius 3 is 2.29 bits per heavy atom. The largest absolute Gasteiger partial charge is 0.389 e. The zero-order valence-electron chi connectivity index (χ0n) is 12.2. The third-order valence-corrected chi connectivity index (χ3v) is 3.43. The number of hydrogen-bond donors (Lipinski definition) is 2. The van der Waals surface area contributed by atoms with Crippen LogP contribution in [-0.2, 0) is 0 Å². The van der Waals surface area contributed by atoms with E-state index in [-0.39, 0.29) is 10.9 Å². The van der Waals surface area contributed by atoms with Crippen molar-refractivity contribution in [1.82, 2.24) is 4.98 Å². The summed E-state index contributed by atoms with van der Waals surface area (Å²) in [5.74, 6) is -0.250. The molecule has 0 aliphatic carbocycles. The molecule has 0 aliphatic rings. The number of nitrogens with zero attached hydrogens (tertiary/aromatic N) is 1. The van der Waals surface area contributed by atoms with Crippen molar-refractivity contribution in [3.63, 3.8) is 0 Å². The highest BCUT2D eigenvalue weighted by molar-refractivity contribution is 7.80. The molecule has 2 aromatic rings.